The third-order valence-electron chi connectivity index (χ3n) is 6.94. The smallest absolute Gasteiger partial charge is 0.205 e. The van der Waals surface area contributed by atoms with Crippen molar-refractivity contribution in [3.8, 4) is 17.6 Å². The van der Waals surface area contributed by atoms with Crippen molar-refractivity contribution in [2.24, 2.45) is 11.1 Å². The number of carbonyl (C=O) groups excluding carboxylic acids is 1. The summed E-state index contributed by atoms with van der Waals surface area (Å²) < 4.78 is 18.0. The lowest BCUT2D eigenvalue weighted by molar-refractivity contribution is -0.119. The SMILES string of the molecule is CCOc1cc([C@@H]2C(C#N)=C(N)OC3=C2C(=O)CC(C)(C)C3)ccc1OCc1cccc2ccccc12. The summed E-state index contributed by atoms with van der Waals surface area (Å²) in [6.07, 6.45) is 0.962. The van der Waals surface area contributed by atoms with Crippen LogP contribution in [0.15, 0.2) is 83.5 Å². The summed E-state index contributed by atoms with van der Waals surface area (Å²) in [6, 6.07) is 22.1. The Kier molecular flexibility index (Phi) is 6.39. The van der Waals surface area contributed by atoms with Crippen LogP contribution in [0.1, 0.15) is 50.7 Å². The highest BCUT2D eigenvalue weighted by atomic mass is 16.5. The van der Waals surface area contributed by atoms with E-state index in [-0.39, 0.29) is 22.7 Å². The summed E-state index contributed by atoms with van der Waals surface area (Å²) in [6.45, 7) is 6.77. The summed E-state index contributed by atoms with van der Waals surface area (Å²) >= 11 is 0. The number of hydrogen-bond acceptors (Lipinski definition) is 6. The van der Waals surface area contributed by atoms with Gasteiger partial charge in [-0.15, -0.1) is 0 Å². The molecule has 1 aliphatic carbocycles. The van der Waals surface area contributed by atoms with Crippen LogP contribution in [-0.2, 0) is 16.1 Å². The highest BCUT2D eigenvalue weighted by Crippen LogP contribution is 2.48. The Labute approximate surface area is 216 Å². The number of ketones is 1. The molecule has 3 aromatic rings. The quantitative estimate of drug-likeness (QED) is 0.434. The molecular weight excluding hydrogens is 464 g/mol. The molecule has 0 unspecified atom stereocenters. The van der Waals surface area contributed by atoms with Gasteiger partial charge in [0.2, 0.25) is 5.88 Å². The molecule has 0 spiro atoms. The first-order chi connectivity index (χ1) is 17.8. The lowest BCUT2D eigenvalue weighted by Gasteiger charge is -2.37. The van der Waals surface area contributed by atoms with Gasteiger partial charge in [0.25, 0.3) is 0 Å². The fraction of sp³-hybridized carbons (Fsp3) is 0.290. The maximum absolute atomic E-state index is 13.3. The van der Waals surface area contributed by atoms with E-state index in [0.29, 0.717) is 48.9 Å². The standard InChI is InChI=1S/C31H30N2O4/c1-4-35-26-14-20(12-13-25(26)36-18-21-10-7-9-19-8-5-6-11-22(19)21)28-23(17-32)30(33)37-27-16-31(2,3)15-24(34)29(27)28/h5-14,28H,4,15-16,18,33H2,1-3H3/t28-/m1/s1. The Hall–Kier alpha value is -4.24. The van der Waals surface area contributed by atoms with E-state index >= 15 is 0 Å². The number of Topliss-reactive ketones (excluding diaryl/α,β-unsaturated/α-hetero) is 1. The van der Waals surface area contributed by atoms with Gasteiger partial charge in [-0.05, 0) is 46.4 Å². The fourth-order valence-electron chi connectivity index (χ4n) is 5.28. The van der Waals surface area contributed by atoms with E-state index in [2.05, 4.69) is 30.3 Å². The van der Waals surface area contributed by atoms with Gasteiger partial charge in [0.1, 0.15) is 24.0 Å². The predicted molar refractivity (Wildman–Crippen MR) is 142 cm³/mol. The fourth-order valence-corrected chi connectivity index (χ4v) is 5.28. The Bertz CT molecular complexity index is 1490. The Balaban J connectivity index is 1.51. The number of carbonyl (C=O) groups is 1. The number of hydrogen-bond donors (Lipinski definition) is 1. The van der Waals surface area contributed by atoms with Gasteiger partial charge in [0.15, 0.2) is 17.3 Å². The van der Waals surface area contributed by atoms with E-state index in [4.69, 9.17) is 19.9 Å². The van der Waals surface area contributed by atoms with Crippen LogP contribution in [0.2, 0.25) is 0 Å². The largest absolute Gasteiger partial charge is 0.490 e. The zero-order valence-electron chi connectivity index (χ0n) is 21.3. The Morgan fingerprint density at radius 3 is 2.62 bits per heavy atom. The molecule has 2 N–H and O–H groups in total. The van der Waals surface area contributed by atoms with Gasteiger partial charge in [-0.1, -0.05) is 62.4 Å². The normalized spacial score (nSPS) is 18.8. The van der Waals surface area contributed by atoms with E-state index in [1.807, 2.05) is 57.2 Å². The van der Waals surface area contributed by atoms with Gasteiger partial charge in [0, 0.05) is 18.4 Å². The average Bonchev–Trinajstić information content (AvgIpc) is 2.86. The second kappa shape index (κ2) is 9.67. The summed E-state index contributed by atoms with van der Waals surface area (Å²) in [5.41, 5.74) is 8.50. The maximum atomic E-state index is 13.3. The van der Waals surface area contributed by atoms with Crippen LogP contribution in [0.3, 0.4) is 0 Å². The minimum atomic E-state index is -0.608. The zero-order chi connectivity index (χ0) is 26.2. The van der Waals surface area contributed by atoms with Crippen molar-refractivity contribution in [2.45, 2.75) is 46.1 Å². The van der Waals surface area contributed by atoms with Crippen molar-refractivity contribution in [1.82, 2.24) is 0 Å². The summed E-state index contributed by atoms with van der Waals surface area (Å²) in [4.78, 5) is 13.3. The number of benzene rings is 3. The van der Waals surface area contributed by atoms with E-state index in [1.54, 1.807) is 0 Å². The van der Waals surface area contributed by atoms with Gasteiger partial charge in [-0.25, -0.2) is 0 Å². The van der Waals surface area contributed by atoms with Crippen LogP contribution in [0.5, 0.6) is 11.5 Å². The molecular formula is C31H30N2O4. The molecule has 6 heteroatoms. The van der Waals surface area contributed by atoms with E-state index in [0.717, 1.165) is 21.9 Å². The van der Waals surface area contributed by atoms with E-state index < -0.39 is 5.92 Å². The Morgan fingerprint density at radius 2 is 1.84 bits per heavy atom. The molecule has 1 heterocycles. The van der Waals surface area contributed by atoms with Crippen molar-refractivity contribution < 1.29 is 19.0 Å². The first kappa shape index (κ1) is 24.5. The molecule has 6 nitrogen and oxygen atoms in total. The third-order valence-corrected chi connectivity index (χ3v) is 6.94. The maximum Gasteiger partial charge on any atom is 0.205 e. The molecule has 3 aromatic carbocycles. The third kappa shape index (κ3) is 4.65. The molecule has 0 saturated heterocycles. The number of rotatable bonds is 6. The molecule has 37 heavy (non-hydrogen) atoms. The molecule has 0 fully saturated rings. The molecule has 2 aliphatic rings. The summed E-state index contributed by atoms with van der Waals surface area (Å²) in [5, 5.41) is 12.2. The van der Waals surface area contributed by atoms with Gasteiger partial charge in [-0.2, -0.15) is 5.26 Å². The van der Waals surface area contributed by atoms with Crippen molar-refractivity contribution in [2.75, 3.05) is 6.61 Å². The topological polar surface area (TPSA) is 94.6 Å². The predicted octanol–water partition coefficient (Wildman–Crippen LogP) is 6.27. The molecule has 0 aromatic heterocycles. The Morgan fingerprint density at radius 1 is 1.05 bits per heavy atom. The lowest BCUT2D eigenvalue weighted by atomic mass is 9.70. The van der Waals surface area contributed by atoms with Gasteiger partial charge >= 0.3 is 0 Å². The highest BCUT2D eigenvalue weighted by Gasteiger charge is 2.43. The molecule has 0 saturated carbocycles. The van der Waals surface area contributed by atoms with Crippen LogP contribution >= 0.6 is 0 Å². The minimum Gasteiger partial charge on any atom is -0.490 e. The number of ether oxygens (including phenoxy) is 3. The monoisotopic (exact) mass is 494 g/mol. The molecule has 1 atom stereocenters. The van der Waals surface area contributed by atoms with Crippen LogP contribution in [0.25, 0.3) is 10.8 Å². The first-order valence-electron chi connectivity index (χ1n) is 12.5. The first-order valence-corrected chi connectivity index (χ1v) is 12.5. The number of nitriles is 1. The second-order valence-electron chi connectivity index (χ2n) is 10.3. The van der Waals surface area contributed by atoms with Crippen molar-refractivity contribution >= 4 is 16.6 Å². The number of nitrogens with zero attached hydrogens (tertiary/aromatic N) is 1. The van der Waals surface area contributed by atoms with E-state index in [9.17, 15) is 10.1 Å². The average molecular weight is 495 g/mol. The summed E-state index contributed by atoms with van der Waals surface area (Å²) in [7, 11) is 0. The number of nitrogens with two attached hydrogens (primary N) is 1. The molecule has 0 amide bonds. The molecule has 0 bridgehead atoms. The number of allylic oxidation sites excluding steroid dienone is 3. The lowest BCUT2D eigenvalue weighted by Crippen LogP contribution is -2.33. The molecule has 5 rings (SSSR count). The van der Waals surface area contributed by atoms with Crippen LogP contribution in [-0.4, -0.2) is 12.4 Å². The molecule has 1 aliphatic heterocycles. The van der Waals surface area contributed by atoms with Crippen molar-refractivity contribution in [3.63, 3.8) is 0 Å². The molecule has 0 radical (unpaired) electrons. The van der Waals surface area contributed by atoms with Gasteiger partial charge < -0.3 is 19.9 Å². The van der Waals surface area contributed by atoms with Gasteiger partial charge in [0.05, 0.1) is 12.5 Å². The second-order valence-corrected chi connectivity index (χ2v) is 10.3. The van der Waals surface area contributed by atoms with Crippen LogP contribution < -0.4 is 15.2 Å². The number of fused-ring (bicyclic) bond motifs is 1. The van der Waals surface area contributed by atoms with Gasteiger partial charge in [-0.3, -0.25) is 4.79 Å². The minimum absolute atomic E-state index is 0.0225. The zero-order valence-corrected chi connectivity index (χ0v) is 21.3. The van der Waals surface area contributed by atoms with Crippen LogP contribution in [0, 0.1) is 16.7 Å². The highest BCUT2D eigenvalue weighted by molar-refractivity contribution is 6.00. The van der Waals surface area contributed by atoms with Crippen LogP contribution in [0.4, 0.5) is 0 Å². The summed E-state index contributed by atoms with van der Waals surface area (Å²) in [5.74, 6) is 1.11. The van der Waals surface area contributed by atoms with Crippen molar-refractivity contribution in [3.05, 3.63) is 94.6 Å². The van der Waals surface area contributed by atoms with E-state index in [1.165, 1.54) is 0 Å². The molecule has 188 valence electrons. The van der Waals surface area contributed by atoms with Crippen molar-refractivity contribution in [1.29, 1.82) is 5.26 Å².